The van der Waals surface area contributed by atoms with Crippen LogP contribution in [-0.2, 0) is 6.54 Å². The van der Waals surface area contributed by atoms with E-state index in [1.807, 2.05) is 12.1 Å². The zero-order valence-corrected chi connectivity index (χ0v) is 12.7. The molecule has 4 heteroatoms. The summed E-state index contributed by atoms with van der Waals surface area (Å²) in [5.41, 5.74) is 0.701. The van der Waals surface area contributed by atoms with Crippen molar-refractivity contribution < 1.29 is 4.39 Å². The highest BCUT2D eigenvalue weighted by atomic mass is 79.9. The quantitative estimate of drug-likeness (QED) is 0.792. The molecule has 0 saturated heterocycles. The maximum Gasteiger partial charge on any atom is 0.128 e. The molecule has 1 saturated carbocycles. The van der Waals surface area contributed by atoms with E-state index in [2.05, 4.69) is 21.2 Å². The first kappa shape index (κ1) is 14.3. The summed E-state index contributed by atoms with van der Waals surface area (Å²) < 4.78 is 14.5. The Balaban J connectivity index is 2.01. The van der Waals surface area contributed by atoms with Gasteiger partial charge >= 0.3 is 0 Å². The van der Waals surface area contributed by atoms with E-state index < -0.39 is 0 Å². The molecular formula is C14H18BrClFN. The summed E-state index contributed by atoms with van der Waals surface area (Å²) in [5.74, 6) is 0.433. The van der Waals surface area contributed by atoms with Crippen molar-refractivity contribution in [3.63, 3.8) is 0 Å². The maximum atomic E-state index is 13.7. The lowest BCUT2D eigenvalue weighted by Gasteiger charge is -2.36. The zero-order chi connectivity index (χ0) is 13.0. The van der Waals surface area contributed by atoms with Gasteiger partial charge in [-0.05, 0) is 25.0 Å². The minimum absolute atomic E-state index is 0.000675. The smallest absolute Gasteiger partial charge is 0.128 e. The summed E-state index contributed by atoms with van der Waals surface area (Å²) in [5, 5.41) is 3.47. The predicted octanol–water partition coefficient (Wildman–Crippen LogP) is 4.62. The Hall–Kier alpha value is -0.120. The molecule has 1 fully saturated rings. The van der Waals surface area contributed by atoms with E-state index in [9.17, 15) is 4.39 Å². The van der Waals surface area contributed by atoms with E-state index in [0.717, 1.165) is 17.3 Å². The van der Waals surface area contributed by atoms with Crippen molar-refractivity contribution in [3.05, 3.63) is 34.1 Å². The van der Waals surface area contributed by atoms with Crippen LogP contribution in [0.3, 0.4) is 0 Å². The highest BCUT2D eigenvalue weighted by Crippen LogP contribution is 2.29. The Labute approximate surface area is 121 Å². The average Bonchev–Trinajstić information content (AvgIpc) is 2.39. The van der Waals surface area contributed by atoms with E-state index in [1.54, 1.807) is 0 Å². The molecule has 0 aliphatic heterocycles. The van der Waals surface area contributed by atoms with E-state index in [4.69, 9.17) is 11.6 Å². The van der Waals surface area contributed by atoms with Gasteiger partial charge in [-0.1, -0.05) is 41.3 Å². The minimum Gasteiger partial charge on any atom is -0.306 e. The monoisotopic (exact) mass is 333 g/mol. The van der Waals surface area contributed by atoms with E-state index in [-0.39, 0.29) is 11.4 Å². The predicted molar refractivity (Wildman–Crippen MR) is 77.5 cm³/mol. The van der Waals surface area contributed by atoms with Crippen molar-refractivity contribution in [1.82, 2.24) is 5.32 Å². The van der Waals surface area contributed by atoms with Gasteiger partial charge in [-0.25, -0.2) is 4.39 Å². The van der Waals surface area contributed by atoms with Crippen LogP contribution in [-0.4, -0.2) is 11.4 Å². The lowest BCUT2D eigenvalue weighted by molar-refractivity contribution is 0.255. The second-order valence-corrected chi connectivity index (χ2v) is 6.25. The first-order valence-electron chi connectivity index (χ1n) is 6.40. The van der Waals surface area contributed by atoms with Crippen LogP contribution < -0.4 is 5.32 Å². The van der Waals surface area contributed by atoms with Gasteiger partial charge in [-0.2, -0.15) is 0 Å². The third kappa shape index (κ3) is 3.46. The van der Waals surface area contributed by atoms with Gasteiger partial charge in [-0.3, -0.25) is 0 Å². The van der Waals surface area contributed by atoms with Gasteiger partial charge in [0, 0.05) is 28.0 Å². The van der Waals surface area contributed by atoms with Gasteiger partial charge < -0.3 is 5.32 Å². The summed E-state index contributed by atoms with van der Waals surface area (Å²) in [6.45, 7) is 0.547. The van der Waals surface area contributed by atoms with Gasteiger partial charge in [0.2, 0.25) is 0 Å². The molecule has 1 aliphatic carbocycles. The summed E-state index contributed by atoms with van der Waals surface area (Å²) in [7, 11) is 0. The molecule has 1 nitrogen and oxygen atoms in total. The molecule has 2 rings (SSSR count). The Kier molecular flexibility index (Phi) is 5.05. The normalized spacial score (nSPS) is 18.8. The number of nitrogens with one attached hydrogen (secondary N) is 1. The fourth-order valence-electron chi connectivity index (χ4n) is 2.53. The molecule has 0 unspecified atom stereocenters. The molecular weight excluding hydrogens is 317 g/mol. The number of rotatable bonds is 4. The van der Waals surface area contributed by atoms with Crippen molar-refractivity contribution in [1.29, 1.82) is 0 Å². The van der Waals surface area contributed by atoms with Gasteiger partial charge in [-0.15, -0.1) is 11.6 Å². The van der Waals surface area contributed by atoms with Crippen LogP contribution in [0.25, 0.3) is 0 Å². The van der Waals surface area contributed by atoms with Crippen LogP contribution in [0.4, 0.5) is 4.39 Å². The van der Waals surface area contributed by atoms with E-state index in [1.165, 1.54) is 25.3 Å². The Morgan fingerprint density at radius 2 is 2.00 bits per heavy atom. The molecule has 1 aromatic rings. The van der Waals surface area contributed by atoms with Crippen molar-refractivity contribution in [3.8, 4) is 0 Å². The standard InChI is InChI=1S/C14H18BrClFN/c15-12-5-4-11(13(17)8-12)9-18-14(10-16)6-2-1-3-7-14/h4-5,8,18H,1-3,6-7,9-10H2. The molecule has 1 N–H and O–H groups in total. The molecule has 0 radical (unpaired) electrons. The number of halogens is 3. The van der Waals surface area contributed by atoms with Crippen LogP contribution in [0.2, 0.25) is 0 Å². The fraction of sp³-hybridized carbons (Fsp3) is 0.571. The largest absolute Gasteiger partial charge is 0.306 e. The lowest BCUT2D eigenvalue weighted by atomic mass is 9.83. The summed E-state index contributed by atoms with van der Waals surface area (Å²) in [6.07, 6.45) is 5.89. The van der Waals surface area contributed by atoms with E-state index in [0.29, 0.717) is 18.0 Å². The molecule has 100 valence electrons. The molecule has 0 spiro atoms. The van der Waals surface area contributed by atoms with Crippen LogP contribution >= 0.6 is 27.5 Å². The molecule has 1 aromatic carbocycles. The highest BCUT2D eigenvalue weighted by molar-refractivity contribution is 9.10. The van der Waals surface area contributed by atoms with Crippen molar-refractivity contribution in [2.45, 2.75) is 44.2 Å². The van der Waals surface area contributed by atoms with Crippen LogP contribution in [0, 0.1) is 5.82 Å². The summed E-state index contributed by atoms with van der Waals surface area (Å²) in [4.78, 5) is 0. The third-order valence-corrected chi connectivity index (χ3v) is 4.74. The average molecular weight is 335 g/mol. The molecule has 1 aliphatic rings. The first-order chi connectivity index (χ1) is 8.65. The first-order valence-corrected chi connectivity index (χ1v) is 7.73. The fourth-order valence-corrected chi connectivity index (χ4v) is 3.23. The van der Waals surface area contributed by atoms with Gasteiger partial charge in [0.25, 0.3) is 0 Å². The second-order valence-electron chi connectivity index (χ2n) is 5.06. The van der Waals surface area contributed by atoms with Gasteiger partial charge in [0.05, 0.1) is 0 Å². The topological polar surface area (TPSA) is 12.0 Å². The SMILES string of the molecule is Fc1cc(Br)ccc1CNC1(CCl)CCCCC1. The summed E-state index contributed by atoms with van der Waals surface area (Å²) >= 11 is 9.37. The molecule has 0 atom stereocenters. The zero-order valence-electron chi connectivity index (χ0n) is 10.3. The number of hydrogen-bond acceptors (Lipinski definition) is 1. The molecule has 18 heavy (non-hydrogen) atoms. The molecule has 0 aromatic heterocycles. The molecule has 0 heterocycles. The van der Waals surface area contributed by atoms with Gasteiger partial charge in [0.1, 0.15) is 5.82 Å². The van der Waals surface area contributed by atoms with E-state index >= 15 is 0 Å². The van der Waals surface area contributed by atoms with Crippen LogP contribution in [0.1, 0.15) is 37.7 Å². The maximum absolute atomic E-state index is 13.7. The lowest BCUT2D eigenvalue weighted by Crippen LogP contribution is -2.48. The Bertz CT molecular complexity index is 405. The highest BCUT2D eigenvalue weighted by Gasteiger charge is 2.30. The molecule has 0 bridgehead atoms. The Morgan fingerprint density at radius 3 is 2.61 bits per heavy atom. The van der Waals surface area contributed by atoms with Crippen LogP contribution in [0.15, 0.2) is 22.7 Å². The number of benzene rings is 1. The van der Waals surface area contributed by atoms with Crippen molar-refractivity contribution in [2.75, 3.05) is 5.88 Å². The van der Waals surface area contributed by atoms with Gasteiger partial charge in [0.15, 0.2) is 0 Å². The number of alkyl halides is 1. The van der Waals surface area contributed by atoms with Crippen LogP contribution in [0.5, 0.6) is 0 Å². The Morgan fingerprint density at radius 1 is 1.28 bits per heavy atom. The van der Waals surface area contributed by atoms with Crippen molar-refractivity contribution >= 4 is 27.5 Å². The third-order valence-electron chi connectivity index (χ3n) is 3.74. The summed E-state index contributed by atoms with van der Waals surface area (Å²) in [6, 6.07) is 5.19. The molecule has 0 amide bonds. The second kappa shape index (κ2) is 6.36. The van der Waals surface area contributed by atoms with Crippen molar-refractivity contribution in [2.24, 2.45) is 0 Å². The minimum atomic E-state index is -0.169. The number of hydrogen-bond donors (Lipinski definition) is 1.